The van der Waals surface area contributed by atoms with Crippen molar-refractivity contribution in [3.8, 4) is 0 Å². The summed E-state index contributed by atoms with van der Waals surface area (Å²) in [6.07, 6.45) is 0.719. The highest BCUT2D eigenvalue weighted by Crippen LogP contribution is 2.48. The molecule has 3 atom stereocenters. The third kappa shape index (κ3) is 2.86. The fourth-order valence-electron chi connectivity index (χ4n) is 3.28. The molecule has 0 bridgehead atoms. The monoisotopic (exact) mass is 312 g/mol. The first-order chi connectivity index (χ1) is 11.2. The molecule has 2 aromatic rings. The number of hydrogen-bond donors (Lipinski definition) is 1. The van der Waals surface area contributed by atoms with Crippen LogP contribution in [-0.2, 0) is 9.53 Å². The molecule has 6 nitrogen and oxygen atoms in total. The highest BCUT2D eigenvalue weighted by atomic mass is 16.5. The van der Waals surface area contributed by atoms with Crippen LogP contribution < -0.4 is 0 Å². The Morgan fingerprint density at radius 3 is 2.91 bits per heavy atom. The maximum absolute atomic E-state index is 12.7. The van der Waals surface area contributed by atoms with Gasteiger partial charge in [0, 0.05) is 12.5 Å². The highest BCUT2D eigenvalue weighted by Gasteiger charge is 2.46. The molecule has 1 N–H and O–H groups in total. The first-order valence-corrected chi connectivity index (χ1v) is 8.06. The van der Waals surface area contributed by atoms with Gasteiger partial charge in [0.1, 0.15) is 11.9 Å². The van der Waals surface area contributed by atoms with Crippen LogP contribution in [0, 0.1) is 12.8 Å². The number of carbonyl (C=O) groups excluding carboxylic acids is 1. The molecule has 1 aromatic heterocycles. The van der Waals surface area contributed by atoms with Crippen LogP contribution in [0.4, 0.5) is 0 Å². The van der Waals surface area contributed by atoms with Crippen LogP contribution in [0.1, 0.15) is 35.7 Å². The van der Waals surface area contributed by atoms with Crippen LogP contribution in [0.2, 0.25) is 0 Å². The van der Waals surface area contributed by atoms with Crippen LogP contribution in [0.25, 0.3) is 0 Å². The third-order valence-corrected chi connectivity index (χ3v) is 4.62. The summed E-state index contributed by atoms with van der Waals surface area (Å²) in [6, 6.07) is 10.3. The SMILES string of the molecule is Cc1nc([C@@H]2CN(C(=O)[C@H]3C[C@H]3c3ccccc3)CCO2)n[nH]1. The van der Waals surface area contributed by atoms with E-state index in [4.69, 9.17) is 4.74 Å². The lowest BCUT2D eigenvalue weighted by Crippen LogP contribution is -2.43. The lowest BCUT2D eigenvalue weighted by Gasteiger charge is -2.31. The number of rotatable bonds is 3. The van der Waals surface area contributed by atoms with Gasteiger partial charge < -0.3 is 9.64 Å². The summed E-state index contributed by atoms with van der Waals surface area (Å²) in [5.41, 5.74) is 1.26. The molecule has 23 heavy (non-hydrogen) atoms. The number of benzene rings is 1. The Hall–Kier alpha value is -2.21. The Labute approximate surface area is 134 Å². The number of nitrogens with one attached hydrogen (secondary N) is 1. The molecule has 1 saturated heterocycles. The van der Waals surface area contributed by atoms with E-state index < -0.39 is 0 Å². The van der Waals surface area contributed by atoms with Gasteiger partial charge in [-0.25, -0.2) is 4.98 Å². The second-order valence-corrected chi connectivity index (χ2v) is 6.28. The van der Waals surface area contributed by atoms with Crippen molar-refractivity contribution in [1.82, 2.24) is 20.1 Å². The zero-order chi connectivity index (χ0) is 15.8. The molecule has 0 unspecified atom stereocenters. The molecule has 1 aliphatic heterocycles. The molecule has 0 radical (unpaired) electrons. The highest BCUT2D eigenvalue weighted by molar-refractivity contribution is 5.83. The van der Waals surface area contributed by atoms with Gasteiger partial charge in [-0.3, -0.25) is 9.89 Å². The normalized spacial score (nSPS) is 27.0. The molecule has 4 rings (SSSR count). The molecule has 1 aliphatic carbocycles. The van der Waals surface area contributed by atoms with E-state index in [1.165, 1.54) is 5.56 Å². The van der Waals surface area contributed by atoms with Gasteiger partial charge in [-0.15, -0.1) is 0 Å². The minimum absolute atomic E-state index is 0.116. The number of morpholine rings is 1. The smallest absolute Gasteiger partial charge is 0.226 e. The zero-order valence-corrected chi connectivity index (χ0v) is 13.1. The number of carbonyl (C=O) groups is 1. The number of aromatic amines is 1. The van der Waals surface area contributed by atoms with Crippen LogP contribution in [0.5, 0.6) is 0 Å². The second kappa shape index (κ2) is 5.77. The molecule has 2 heterocycles. The van der Waals surface area contributed by atoms with Gasteiger partial charge in [-0.05, 0) is 24.8 Å². The predicted molar refractivity (Wildman–Crippen MR) is 83.7 cm³/mol. The first kappa shape index (κ1) is 14.4. The minimum atomic E-state index is -0.230. The standard InChI is InChI=1S/C17H20N4O2/c1-11-18-16(20-19-11)15-10-21(7-8-23-15)17(22)14-9-13(14)12-5-3-2-4-6-12/h2-6,13-15H,7-10H2,1H3,(H,18,19,20)/t13-,14-,15-/m0/s1. The zero-order valence-electron chi connectivity index (χ0n) is 13.1. The molecule has 2 aliphatic rings. The number of amides is 1. The number of hydrogen-bond acceptors (Lipinski definition) is 4. The van der Waals surface area contributed by atoms with Gasteiger partial charge in [0.15, 0.2) is 5.82 Å². The summed E-state index contributed by atoms with van der Waals surface area (Å²) in [7, 11) is 0. The summed E-state index contributed by atoms with van der Waals surface area (Å²) >= 11 is 0. The average molecular weight is 312 g/mol. The van der Waals surface area contributed by atoms with Crippen LogP contribution >= 0.6 is 0 Å². The van der Waals surface area contributed by atoms with Crippen molar-refractivity contribution in [3.05, 3.63) is 47.5 Å². The largest absolute Gasteiger partial charge is 0.366 e. The van der Waals surface area contributed by atoms with Crippen LogP contribution in [-0.4, -0.2) is 45.7 Å². The lowest BCUT2D eigenvalue weighted by atomic mass is 10.1. The first-order valence-electron chi connectivity index (χ1n) is 8.06. The van der Waals surface area contributed by atoms with E-state index in [9.17, 15) is 4.79 Å². The number of ether oxygens (including phenoxy) is 1. The Kier molecular flexibility index (Phi) is 3.61. The van der Waals surface area contributed by atoms with E-state index in [2.05, 4.69) is 27.3 Å². The maximum Gasteiger partial charge on any atom is 0.226 e. The minimum Gasteiger partial charge on any atom is -0.366 e. The molecule has 0 spiro atoms. The summed E-state index contributed by atoms with van der Waals surface area (Å²) in [4.78, 5) is 19.0. The topological polar surface area (TPSA) is 71.1 Å². The van der Waals surface area contributed by atoms with Crippen molar-refractivity contribution in [2.75, 3.05) is 19.7 Å². The molecular weight excluding hydrogens is 292 g/mol. The Morgan fingerprint density at radius 1 is 1.35 bits per heavy atom. The lowest BCUT2D eigenvalue weighted by molar-refractivity contribution is -0.140. The molecule has 1 saturated carbocycles. The average Bonchev–Trinajstić information content (AvgIpc) is 3.29. The van der Waals surface area contributed by atoms with E-state index in [-0.39, 0.29) is 17.9 Å². The number of aryl methyl sites for hydroxylation is 1. The molecule has 2 fully saturated rings. The van der Waals surface area contributed by atoms with E-state index in [0.717, 1.165) is 12.2 Å². The molecule has 6 heteroatoms. The van der Waals surface area contributed by atoms with Gasteiger partial charge in [-0.2, -0.15) is 5.10 Å². The van der Waals surface area contributed by atoms with E-state index in [1.54, 1.807) is 0 Å². The van der Waals surface area contributed by atoms with Gasteiger partial charge in [0.05, 0.1) is 13.2 Å². The summed E-state index contributed by atoms with van der Waals surface area (Å²) in [5.74, 6) is 2.12. The maximum atomic E-state index is 12.7. The van der Waals surface area contributed by atoms with Crippen molar-refractivity contribution in [1.29, 1.82) is 0 Å². The van der Waals surface area contributed by atoms with Gasteiger partial charge in [0.2, 0.25) is 5.91 Å². The van der Waals surface area contributed by atoms with E-state index >= 15 is 0 Å². The molecule has 120 valence electrons. The fourth-order valence-corrected chi connectivity index (χ4v) is 3.28. The van der Waals surface area contributed by atoms with Crippen molar-refractivity contribution in [2.24, 2.45) is 5.92 Å². The molecular formula is C17H20N4O2. The fraction of sp³-hybridized carbons (Fsp3) is 0.471. The van der Waals surface area contributed by atoms with Crippen molar-refractivity contribution in [2.45, 2.75) is 25.4 Å². The summed E-state index contributed by atoms with van der Waals surface area (Å²) in [5, 5.41) is 6.99. The third-order valence-electron chi connectivity index (χ3n) is 4.62. The Balaban J connectivity index is 1.41. The molecule has 1 aromatic carbocycles. The Bertz CT molecular complexity index is 700. The predicted octanol–water partition coefficient (Wildman–Crippen LogP) is 1.82. The van der Waals surface area contributed by atoms with E-state index in [0.29, 0.717) is 31.4 Å². The quantitative estimate of drug-likeness (QED) is 0.938. The van der Waals surface area contributed by atoms with Crippen molar-refractivity contribution in [3.63, 3.8) is 0 Å². The van der Waals surface area contributed by atoms with Gasteiger partial charge in [0.25, 0.3) is 0 Å². The second-order valence-electron chi connectivity index (χ2n) is 6.28. The summed E-state index contributed by atoms with van der Waals surface area (Å²) < 4.78 is 5.73. The summed E-state index contributed by atoms with van der Waals surface area (Å²) in [6.45, 7) is 3.58. The van der Waals surface area contributed by atoms with Gasteiger partial charge >= 0.3 is 0 Å². The van der Waals surface area contributed by atoms with E-state index in [1.807, 2.05) is 30.0 Å². The van der Waals surface area contributed by atoms with Crippen molar-refractivity contribution < 1.29 is 9.53 Å². The number of H-pyrrole nitrogens is 1. The Morgan fingerprint density at radius 2 is 2.17 bits per heavy atom. The van der Waals surface area contributed by atoms with Crippen molar-refractivity contribution >= 4 is 5.91 Å². The number of nitrogens with zero attached hydrogens (tertiary/aromatic N) is 3. The number of aromatic nitrogens is 3. The van der Waals surface area contributed by atoms with Crippen LogP contribution in [0.3, 0.4) is 0 Å². The molecule has 1 amide bonds. The van der Waals surface area contributed by atoms with Gasteiger partial charge in [-0.1, -0.05) is 30.3 Å². The van der Waals surface area contributed by atoms with Crippen LogP contribution in [0.15, 0.2) is 30.3 Å².